The molecule has 1 heterocycles. The molecule has 0 N–H and O–H groups in total. The number of halogens is 5. The Labute approximate surface area is 194 Å². The third kappa shape index (κ3) is 5.79. The molecule has 0 atom stereocenters. The SMILES string of the molecule is CS(=O)(=O)N(CC(=O)N1CCN(c2cccc(C(F)(F)F)c2)CC1)c1ccc(Cl)cc1Cl. The predicted molar refractivity (Wildman–Crippen MR) is 119 cm³/mol. The molecule has 0 bridgehead atoms. The summed E-state index contributed by atoms with van der Waals surface area (Å²) in [5.41, 5.74) is -0.190. The number of hydrogen-bond donors (Lipinski definition) is 0. The molecule has 1 fully saturated rings. The maximum atomic E-state index is 13.0. The van der Waals surface area contributed by atoms with Crippen molar-refractivity contribution in [1.82, 2.24) is 4.90 Å². The zero-order valence-corrected chi connectivity index (χ0v) is 19.3. The minimum absolute atomic E-state index is 0.0880. The Hall–Kier alpha value is -2.17. The van der Waals surface area contributed by atoms with Crippen LogP contribution in [0.2, 0.25) is 10.0 Å². The number of hydrogen-bond acceptors (Lipinski definition) is 4. The van der Waals surface area contributed by atoms with E-state index in [0.29, 0.717) is 23.8 Å². The van der Waals surface area contributed by atoms with Crippen LogP contribution < -0.4 is 9.21 Å². The molecule has 2 aromatic carbocycles. The van der Waals surface area contributed by atoms with Crippen LogP contribution in [0, 0.1) is 0 Å². The second kappa shape index (κ2) is 9.36. The summed E-state index contributed by atoms with van der Waals surface area (Å²) in [7, 11) is -3.82. The van der Waals surface area contributed by atoms with Crippen molar-refractivity contribution in [2.24, 2.45) is 0 Å². The molecule has 0 unspecified atom stereocenters. The summed E-state index contributed by atoms with van der Waals surface area (Å²) < 4.78 is 64.4. The van der Waals surface area contributed by atoms with Gasteiger partial charge in [0.05, 0.1) is 22.5 Å². The summed E-state index contributed by atoms with van der Waals surface area (Å²) in [6.07, 6.45) is -3.47. The first-order valence-electron chi connectivity index (χ1n) is 9.49. The molecule has 2 aromatic rings. The minimum atomic E-state index is -4.44. The van der Waals surface area contributed by atoms with E-state index in [0.717, 1.165) is 22.7 Å². The van der Waals surface area contributed by atoms with Gasteiger partial charge in [-0.3, -0.25) is 9.10 Å². The Morgan fingerprint density at radius 2 is 1.72 bits per heavy atom. The highest BCUT2D eigenvalue weighted by Crippen LogP contribution is 2.32. The number of anilines is 2. The summed E-state index contributed by atoms with van der Waals surface area (Å²) in [6, 6.07) is 9.28. The average Bonchev–Trinajstić information content (AvgIpc) is 2.71. The van der Waals surface area contributed by atoms with Crippen LogP contribution in [0.5, 0.6) is 0 Å². The van der Waals surface area contributed by atoms with Crippen molar-refractivity contribution in [3.05, 3.63) is 58.1 Å². The zero-order valence-electron chi connectivity index (χ0n) is 16.9. The zero-order chi connectivity index (χ0) is 23.7. The Kier molecular flexibility index (Phi) is 7.16. The molecule has 0 spiro atoms. The molecule has 0 saturated carbocycles. The first-order chi connectivity index (χ1) is 14.9. The number of carbonyl (C=O) groups is 1. The summed E-state index contributed by atoms with van der Waals surface area (Å²) in [5, 5.41) is 0.411. The van der Waals surface area contributed by atoms with E-state index in [9.17, 15) is 26.4 Å². The summed E-state index contributed by atoms with van der Waals surface area (Å²) >= 11 is 12.0. The number of carbonyl (C=O) groups excluding carboxylic acids is 1. The number of alkyl halides is 3. The molecule has 6 nitrogen and oxygen atoms in total. The lowest BCUT2D eigenvalue weighted by Crippen LogP contribution is -2.52. The van der Waals surface area contributed by atoms with Crippen LogP contribution in [0.25, 0.3) is 0 Å². The van der Waals surface area contributed by atoms with Crippen molar-refractivity contribution in [3.63, 3.8) is 0 Å². The number of benzene rings is 2. The number of sulfonamides is 1. The van der Waals surface area contributed by atoms with Gasteiger partial charge in [0, 0.05) is 36.9 Å². The summed E-state index contributed by atoms with van der Waals surface area (Å²) in [4.78, 5) is 16.1. The van der Waals surface area contributed by atoms with Crippen molar-refractivity contribution in [1.29, 1.82) is 0 Å². The number of nitrogens with zero attached hydrogens (tertiary/aromatic N) is 3. The van der Waals surface area contributed by atoms with Crippen LogP contribution in [0.4, 0.5) is 24.5 Å². The molecule has 1 aliphatic rings. The first kappa shape index (κ1) is 24.5. The lowest BCUT2D eigenvalue weighted by atomic mass is 10.1. The normalized spacial score (nSPS) is 15.1. The molecule has 1 aliphatic heterocycles. The van der Waals surface area contributed by atoms with E-state index >= 15 is 0 Å². The third-order valence-electron chi connectivity index (χ3n) is 5.03. The number of piperazine rings is 1. The van der Waals surface area contributed by atoms with Crippen molar-refractivity contribution >= 4 is 50.5 Å². The first-order valence-corrected chi connectivity index (χ1v) is 12.1. The lowest BCUT2D eigenvalue weighted by molar-refractivity contribution is -0.137. The Morgan fingerprint density at radius 3 is 2.28 bits per heavy atom. The van der Waals surface area contributed by atoms with Gasteiger partial charge < -0.3 is 9.80 Å². The second-order valence-corrected chi connectivity index (χ2v) is 10.0. The molecule has 12 heteroatoms. The fraction of sp³-hybridized carbons (Fsp3) is 0.350. The molecule has 0 aromatic heterocycles. The quantitative estimate of drug-likeness (QED) is 0.607. The van der Waals surface area contributed by atoms with Gasteiger partial charge in [0.1, 0.15) is 6.54 Å². The van der Waals surface area contributed by atoms with Gasteiger partial charge >= 0.3 is 6.18 Å². The molecule has 0 aliphatic carbocycles. The monoisotopic (exact) mass is 509 g/mol. The molecule has 174 valence electrons. The molecular formula is C20H20Cl2F3N3O3S. The molecule has 1 amide bonds. The largest absolute Gasteiger partial charge is 0.416 e. The highest BCUT2D eigenvalue weighted by atomic mass is 35.5. The van der Waals surface area contributed by atoms with Crippen LogP contribution in [0.1, 0.15) is 5.56 Å². The fourth-order valence-electron chi connectivity index (χ4n) is 3.38. The van der Waals surface area contributed by atoms with Crippen LogP contribution >= 0.6 is 23.2 Å². The Bertz CT molecular complexity index is 1100. The maximum absolute atomic E-state index is 13.0. The minimum Gasteiger partial charge on any atom is -0.368 e. The van der Waals surface area contributed by atoms with Gasteiger partial charge in [0.15, 0.2) is 0 Å². The van der Waals surface area contributed by atoms with Gasteiger partial charge in [-0.2, -0.15) is 13.2 Å². The highest BCUT2D eigenvalue weighted by Gasteiger charge is 2.32. The smallest absolute Gasteiger partial charge is 0.368 e. The van der Waals surface area contributed by atoms with Gasteiger partial charge in [-0.1, -0.05) is 29.3 Å². The highest BCUT2D eigenvalue weighted by molar-refractivity contribution is 7.92. The van der Waals surface area contributed by atoms with Gasteiger partial charge in [-0.05, 0) is 36.4 Å². The van der Waals surface area contributed by atoms with Gasteiger partial charge in [0.25, 0.3) is 0 Å². The molecular weight excluding hydrogens is 490 g/mol. The van der Waals surface area contributed by atoms with Gasteiger partial charge in [0.2, 0.25) is 15.9 Å². The van der Waals surface area contributed by atoms with E-state index in [1.165, 1.54) is 29.2 Å². The van der Waals surface area contributed by atoms with E-state index in [2.05, 4.69) is 0 Å². The van der Waals surface area contributed by atoms with Crippen LogP contribution in [0.15, 0.2) is 42.5 Å². The average molecular weight is 510 g/mol. The Balaban J connectivity index is 1.69. The topological polar surface area (TPSA) is 60.9 Å². The standard InChI is InChI=1S/C20H20Cl2F3N3O3S/c1-32(30,31)28(18-6-5-15(21)12-17(18)22)13-19(29)27-9-7-26(8-10-27)16-4-2-3-14(11-16)20(23,24)25/h2-6,11-12H,7-10,13H2,1H3. The van der Waals surface area contributed by atoms with Crippen LogP contribution in [0.3, 0.4) is 0 Å². The van der Waals surface area contributed by atoms with E-state index < -0.39 is 34.2 Å². The van der Waals surface area contributed by atoms with Gasteiger partial charge in [-0.25, -0.2) is 8.42 Å². The van der Waals surface area contributed by atoms with Crippen LogP contribution in [-0.2, 0) is 21.0 Å². The van der Waals surface area contributed by atoms with E-state index in [1.54, 1.807) is 11.0 Å². The van der Waals surface area contributed by atoms with Crippen molar-refractivity contribution in [2.75, 3.05) is 48.2 Å². The summed E-state index contributed by atoms with van der Waals surface area (Å²) in [6.45, 7) is 0.646. The van der Waals surface area contributed by atoms with E-state index in [-0.39, 0.29) is 23.8 Å². The van der Waals surface area contributed by atoms with E-state index in [4.69, 9.17) is 23.2 Å². The second-order valence-electron chi connectivity index (χ2n) is 7.28. The molecule has 3 rings (SSSR count). The van der Waals surface area contributed by atoms with Crippen molar-refractivity contribution in [3.8, 4) is 0 Å². The molecule has 1 saturated heterocycles. The van der Waals surface area contributed by atoms with Crippen molar-refractivity contribution in [2.45, 2.75) is 6.18 Å². The van der Waals surface area contributed by atoms with Gasteiger partial charge in [-0.15, -0.1) is 0 Å². The Morgan fingerprint density at radius 1 is 1.06 bits per heavy atom. The third-order valence-corrected chi connectivity index (χ3v) is 6.69. The van der Waals surface area contributed by atoms with E-state index in [1.807, 2.05) is 0 Å². The van der Waals surface area contributed by atoms with Crippen LogP contribution in [-0.4, -0.2) is 58.2 Å². The predicted octanol–water partition coefficient (Wildman–Crippen LogP) is 4.13. The summed E-state index contributed by atoms with van der Waals surface area (Å²) in [5.74, 6) is -0.440. The van der Waals surface area contributed by atoms with Crippen molar-refractivity contribution < 1.29 is 26.4 Å². The number of rotatable bonds is 5. The maximum Gasteiger partial charge on any atom is 0.416 e. The number of amides is 1. The fourth-order valence-corrected chi connectivity index (χ4v) is 4.80. The molecule has 32 heavy (non-hydrogen) atoms. The lowest BCUT2D eigenvalue weighted by Gasteiger charge is -2.37. The molecule has 0 radical (unpaired) electrons.